The van der Waals surface area contributed by atoms with Crippen LogP contribution in [0.2, 0.25) is 5.02 Å². The minimum atomic E-state index is -0.380. The van der Waals surface area contributed by atoms with Crippen LogP contribution in [0.1, 0.15) is 42.5 Å². The fourth-order valence-corrected chi connectivity index (χ4v) is 4.35. The van der Waals surface area contributed by atoms with Crippen LogP contribution in [0.3, 0.4) is 0 Å². The van der Waals surface area contributed by atoms with Gasteiger partial charge in [-0.2, -0.15) is 0 Å². The zero-order chi connectivity index (χ0) is 22.5. The number of carbonyl (C=O) groups excluding carboxylic acids is 1. The fourth-order valence-electron chi connectivity index (χ4n) is 4.18. The van der Waals surface area contributed by atoms with Gasteiger partial charge in [0.05, 0.1) is 5.69 Å². The van der Waals surface area contributed by atoms with E-state index in [-0.39, 0.29) is 23.3 Å². The molecule has 168 valence electrons. The molecule has 0 bridgehead atoms. The Morgan fingerprint density at radius 2 is 1.84 bits per heavy atom. The van der Waals surface area contributed by atoms with Gasteiger partial charge in [-0.25, -0.2) is 9.18 Å². The SMILES string of the molecule is O=C(CCCCN1CCC(Nc2cc(=O)oc3ccc(Cl)cc23)CC1)c1ccc(F)cc1. The summed E-state index contributed by atoms with van der Waals surface area (Å²) in [5.41, 5.74) is 1.48. The average molecular weight is 457 g/mol. The van der Waals surface area contributed by atoms with E-state index in [4.69, 9.17) is 16.0 Å². The predicted octanol–water partition coefficient (Wildman–Crippen LogP) is 5.52. The van der Waals surface area contributed by atoms with Crippen LogP contribution in [-0.2, 0) is 0 Å². The largest absolute Gasteiger partial charge is 0.423 e. The summed E-state index contributed by atoms with van der Waals surface area (Å²) in [7, 11) is 0. The number of likely N-dealkylation sites (tertiary alicyclic amines) is 1. The number of fused-ring (bicyclic) bond motifs is 1. The zero-order valence-electron chi connectivity index (χ0n) is 17.8. The number of rotatable bonds is 8. The molecule has 7 heteroatoms. The number of ketones is 1. The summed E-state index contributed by atoms with van der Waals surface area (Å²) >= 11 is 6.12. The van der Waals surface area contributed by atoms with E-state index in [2.05, 4.69) is 10.2 Å². The number of piperidine rings is 1. The molecule has 2 heterocycles. The van der Waals surface area contributed by atoms with Gasteiger partial charge < -0.3 is 14.6 Å². The Labute approximate surface area is 191 Å². The summed E-state index contributed by atoms with van der Waals surface area (Å²) in [5.74, 6) is -0.264. The number of unbranched alkanes of at least 4 members (excludes halogenated alkanes) is 1. The normalized spacial score (nSPS) is 15.2. The molecular formula is C25H26ClFN2O3. The van der Waals surface area contributed by atoms with E-state index in [1.807, 2.05) is 6.07 Å². The highest BCUT2D eigenvalue weighted by Gasteiger charge is 2.20. The standard InChI is InChI=1S/C25H26ClFN2O3/c26-18-6-9-24-21(15-18)22(16-25(31)32-24)28-20-10-13-29(14-11-20)12-2-1-3-23(30)17-4-7-19(27)8-5-17/h4-9,15-16,20,28H,1-3,10-14H2. The van der Waals surface area contributed by atoms with Crippen molar-refractivity contribution in [3.05, 3.63) is 75.4 Å². The third-order valence-electron chi connectivity index (χ3n) is 5.95. The molecule has 0 unspecified atom stereocenters. The highest BCUT2D eigenvalue weighted by molar-refractivity contribution is 6.31. The summed E-state index contributed by atoms with van der Waals surface area (Å²) in [5, 5.41) is 4.91. The van der Waals surface area contributed by atoms with Gasteiger partial charge in [-0.3, -0.25) is 4.79 Å². The molecule has 3 aromatic rings. The number of Topliss-reactive ketones (excluding diaryl/α,β-unsaturated/α-hetero) is 1. The number of hydrogen-bond acceptors (Lipinski definition) is 5. The van der Waals surface area contributed by atoms with Gasteiger partial charge in [0.25, 0.3) is 0 Å². The molecule has 32 heavy (non-hydrogen) atoms. The first kappa shape index (κ1) is 22.5. The van der Waals surface area contributed by atoms with Gasteiger partial charge in [0.1, 0.15) is 11.4 Å². The van der Waals surface area contributed by atoms with Crippen molar-refractivity contribution < 1.29 is 13.6 Å². The second-order valence-electron chi connectivity index (χ2n) is 8.27. The van der Waals surface area contributed by atoms with E-state index in [0.29, 0.717) is 22.6 Å². The van der Waals surface area contributed by atoms with Crippen molar-refractivity contribution in [3.63, 3.8) is 0 Å². The lowest BCUT2D eigenvalue weighted by Gasteiger charge is -2.33. The van der Waals surface area contributed by atoms with Crippen molar-refractivity contribution in [2.75, 3.05) is 25.0 Å². The average Bonchev–Trinajstić information content (AvgIpc) is 2.78. The van der Waals surface area contributed by atoms with Gasteiger partial charge in [0.2, 0.25) is 0 Å². The van der Waals surface area contributed by atoms with Crippen molar-refractivity contribution >= 4 is 34.0 Å². The third kappa shape index (κ3) is 5.75. The van der Waals surface area contributed by atoms with Crippen molar-refractivity contribution in [1.82, 2.24) is 4.90 Å². The van der Waals surface area contributed by atoms with Gasteiger partial charge in [-0.1, -0.05) is 11.6 Å². The molecule has 5 nitrogen and oxygen atoms in total. The molecule has 1 aliphatic heterocycles. The first-order chi connectivity index (χ1) is 15.5. The van der Waals surface area contributed by atoms with Crippen LogP contribution in [0.25, 0.3) is 11.0 Å². The Kier molecular flexibility index (Phi) is 7.22. The zero-order valence-corrected chi connectivity index (χ0v) is 18.5. The van der Waals surface area contributed by atoms with Crippen molar-refractivity contribution in [2.45, 2.75) is 38.1 Å². The molecule has 0 spiro atoms. The summed E-state index contributed by atoms with van der Waals surface area (Å²) < 4.78 is 18.2. The number of nitrogens with one attached hydrogen (secondary N) is 1. The monoisotopic (exact) mass is 456 g/mol. The van der Waals surface area contributed by atoms with Crippen molar-refractivity contribution in [2.24, 2.45) is 0 Å². The van der Waals surface area contributed by atoms with E-state index < -0.39 is 0 Å². The van der Waals surface area contributed by atoms with E-state index in [1.165, 1.54) is 18.2 Å². The molecule has 0 radical (unpaired) electrons. The van der Waals surface area contributed by atoms with Gasteiger partial charge in [-0.15, -0.1) is 0 Å². The molecule has 0 aliphatic carbocycles. The topological polar surface area (TPSA) is 62.6 Å². The molecule has 0 amide bonds. The lowest BCUT2D eigenvalue weighted by Crippen LogP contribution is -2.39. The highest BCUT2D eigenvalue weighted by atomic mass is 35.5. The number of carbonyl (C=O) groups is 1. The predicted molar refractivity (Wildman–Crippen MR) is 125 cm³/mol. The van der Waals surface area contributed by atoms with Gasteiger partial charge in [-0.05, 0) is 74.7 Å². The van der Waals surface area contributed by atoms with E-state index in [1.54, 1.807) is 24.3 Å². The van der Waals surface area contributed by atoms with E-state index in [9.17, 15) is 14.0 Å². The van der Waals surface area contributed by atoms with Crippen molar-refractivity contribution in [1.29, 1.82) is 0 Å². The molecule has 0 atom stereocenters. The van der Waals surface area contributed by atoms with Crippen LogP contribution in [-0.4, -0.2) is 36.4 Å². The van der Waals surface area contributed by atoms with Crippen LogP contribution in [0.4, 0.5) is 10.1 Å². The molecule has 4 rings (SSSR count). The number of benzene rings is 2. The maximum atomic E-state index is 13.0. The molecule has 1 fully saturated rings. The fraction of sp³-hybridized carbons (Fsp3) is 0.360. The highest BCUT2D eigenvalue weighted by Crippen LogP contribution is 2.27. The number of anilines is 1. The lowest BCUT2D eigenvalue weighted by atomic mass is 10.0. The van der Waals surface area contributed by atoms with Crippen LogP contribution < -0.4 is 10.9 Å². The molecule has 1 N–H and O–H groups in total. The van der Waals surface area contributed by atoms with E-state index >= 15 is 0 Å². The Balaban J connectivity index is 1.22. The second kappa shape index (κ2) is 10.3. The Morgan fingerprint density at radius 1 is 1.09 bits per heavy atom. The van der Waals surface area contributed by atoms with E-state index in [0.717, 1.165) is 56.4 Å². The summed E-state index contributed by atoms with van der Waals surface area (Å²) in [6, 6.07) is 12.7. The third-order valence-corrected chi connectivity index (χ3v) is 6.18. The second-order valence-corrected chi connectivity index (χ2v) is 8.70. The lowest BCUT2D eigenvalue weighted by molar-refractivity contribution is 0.0977. The minimum absolute atomic E-state index is 0.0626. The molecule has 2 aromatic carbocycles. The van der Waals surface area contributed by atoms with Crippen LogP contribution >= 0.6 is 11.6 Å². The Hall–Kier alpha value is -2.70. The number of hydrogen-bond donors (Lipinski definition) is 1. The number of halogens is 2. The minimum Gasteiger partial charge on any atom is -0.423 e. The summed E-state index contributed by atoms with van der Waals surface area (Å²) in [6.07, 6.45) is 4.19. The molecule has 1 saturated heterocycles. The maximum Gasteiger partial charge on any atom is 0.338 e. The first-order valence-corrected chi connectivity index (χ1v) is 11.4. The van der Waals surface area contributed by atoms with Gasteiger partial charge in [0, 0.05) is 47.6 Å². The molecule has 0 saturated carbocycles. The maximum absolute atomic E-state index is 13.0. The number of nitrogens with zero attached hydrogens (tertiary/aromatic N) is 1. The van der Waals surface area contributed by atoms with Crippen LogP contribution in [0.5, 0.6) is 0 Å². The van der Waals surface area contributed by atoms with Crippen LogP contribution in [0, 0.1) is 5.82 Å². The molecule has 1 aromatic heterocycles. The van der Waals surface area contributed by atoms with Gasteiger partial charge in [0.15, 0.2) is 5.78 Å². The summed E-state index contributed by atoms with van der Waals surface area (Å²) in [6.45, 7) is 2.88. The quantitative estimate of drug-likeness (QED) is 0.275. The first-order valence-electron chi connectivity index (χ1n) is 11.0. The Bertz CT molecular complexity index is 1140. The van der Waals surface area contributed by atoms with Gasteiger partial charge >= 0.3 is 5.63 Å². The van der Waals surface area contributed by atoms with Crippen molar-refractivity contribution in [3.8, 4) is 0 Å². The summed E-state index contributed by atoms with van der Waals surface area (Å²) in [4.78, 5) is 26.5. The molecular weight excluding hydrogens is 431 g/mol. The smallest absolute Gasteiger partial charge is 0.338 e. The molecule has 1 aliphatic rings. The van der Waals surface area contributed by atoms with Crippen LogP contribution in [0.15, 0.2) is 57.7 Å². The Morgan fingerprint density at radius 3 is 2.59 bits per heavy atom.